The summed E-state index contributed by atoms with van der Waals surface area (Å²) in [5, 5.41) is 0. The summed E-state index contributed by atoms with van der Waals surface area (Å²) < 4.78 is 0. The van der Waals surface area contributed by atoms with Gasteiger partial charge in [0.05, 0.1) is 16.6 Å². The van der Waals surface area contributed by atoms with Crippen molar-refractivity contribution in [1.29, 1.82) is 0 Å². The summed E-state index contributed by atoms with van der Waals surface area (Å²) in [5.41, 5.74) is 12.6. The van der Waals surface area contributed by atoms with E-state index in [0.717, 1.165) is 36.1 Å². The first-order valence-corrected chi connectivity index (χ1v) is 8.78. The molecule has 1 aliphatic carbocycles. The molecule has 24 heavy (non-hydrogen) atoms. The average Bonchev–Trinajstić information content (AvgIpc) is 3.14. The topological polar surface area (TPSA) is 54.7 Å². The van der Waals surface area contributed by atoms with E-state index < -0.39 is 5.54 Å². The summed E-state index contributed by atoms with van der Waals surface area (Å²) in [6.07, 6.45) is 2.79. The van der Waals surface area contributed by atoms with Crippen molar-refractivity contribution in [2.24, 2.45) is 5.73 Å². The van der Waals surface area contributed by atoms with Crippen LogP contribution in [0.4, 0.5) is 0 Å². The molecule has 0 spiro atoms. The van der Waals surface area contributed by atoms with Crippen LogP contribution in [0.2, 0.25) is 0 Å². The monoisotopic (exact) mass is 319 g/mol. The fourth-order valence-electron chi connectivity index (χ4n) is 3.68. The molecule has 0 atom stereocenters. The number of imidazole rings is 1. The van der Waals surface area contributed by atoms with Crippen molar-refractivity contribution in [2.75, 3.05) is 0 Å². The number of aromatic nitrogens is 2. The molecule has 0 aliphatic heterocycles. The fraction of sp³-hybridized carbons (Fsp3) is 0.381. The molecule has 1 aromatic heterocycles. The van der Waals surface area contributed by atoms with Gasteiger partial charge >= 0.3 is 0 Å². The highest BCUT2D eigenvalue weighted by molar-refractivity contribution is 5.76. The lowest BCUT2D eigenvalue weighted by atomic mass is 9.82. The van der Waals surface area contributed by atoms with Crippen LogP contribution in [-0.2, 0) is 23.8 Å². The van der Waals surface area contributed by atoms with Gasteiger partial charge in [-0.15, -0.1) is 0 Å². The Morgan fingerprint density at radius 3 is 2.42 bits per heavy atom. The largest absolute Gasteiger partial charge is 0.340 e. The number of nitrogens with zero attached hydrogens (tertiary/aromatic N) is 1. The van der Waals surface area contributed by atoms with Gasteiger partial charge in [-0.05, 0) is 53.5 Å². The molecule has 0 bridgehead atoms. The van der Waals surface area contributed by atoms with E-state index in [2.05, 4.69) is 68.2 Å². The Morgan fingerprint density at radius 2 is 1.79 bits per heavy atom. The molecule has 3 N–H and O–H groups in total. The molecular weight excluding hydrogens is 294 g/mol. The van der Waals surface area contributed by atoms with Gasteiger partial charge in [-0.1, -0.05) is 51.1 Å². The van der Waals surface area contributed by atoms with Crippen LogP contribution in [0.15, 0.2) is 42.5 Å². The Balaban J connectivity index is 1.74. The molecule has 3 nitrogen and oxygen atoms in total. The highest BCUT2D eigenvalue weighted by Crippen LogP contribution is 2.36. The summed E-state index contributed by atoms with van der Waals surface area (Å²) >= 11 is 0. The van der Waals surface area contributed by atoms with Crippen molar-refractivity contribution in [1.82, 2.24) is 9.97 Å². The third-order valence-electron chi connectivity index (χ3n) is 5.75. The minimum absolute atomic E-state index is 0.170. The van der Waals surface area contributed by atoms with Gasteiger partial charge in [-0.25, -0.2) is 4.98 Å². The van der Waals surface area contributed by atoms with Crippen molar-refractivity contribution < 1.29 is 0 Å². The Kier molecular flexibility index (Phi) is 3.33. The van der Waals surface area contributed by atoms with Crippen LogP contribution >= 0.6 is 0 Å². The Hall–Kier alpha value is -2.13. The molecular formula is C21H25N3. The van der Waals surface area contributed by atoms with E-state index in [4.69, 9.17) is 10.7 Å². The second kappa shape index (κ2) is 5.18. The Labute approximate surface area is 143 Å². The number of nitrogens with two attached hydrogens (primary N) is 1. The van der Waals surface area contributed by atoms with Crippen LogP contribution in [0.5, 0.6) is 0 Å². The van der Waals surface area contributed by atoms with E-state index in [9.17, 15) is 0 Å². The van der Waals surface area contributed by atoms with Crippen molar-refractivity contribution in [3.63, 3.8) is 0 Å². The minimum Gasteiger partial charge on any atom is -0.340 e. The van der Waals surface area contributed by atoms with Crippen LogP contribution < -0.4 is 5.73 Å². The lowest BCUT2D eigenvalue weighted by Crippen LogP contribution is -2.38. The molecule has 124 valence electrons. The molecule has 2 aromatic carbocycles. The van der Waals surface area contributed by atoms with Gasteiger partial charge in [-0.3, -0.25) is 0 Å². The smallest absolute Gasteiger partial charge is 0.128 e. The summed E-state index contributed by atoms with van der Waals surface area (Å²) in [4.78, 5) is 8.33. The van der Waals surface area contributed by atoms with E-state index >= 15 is 0 Å². The molecule has 0 saturated heterocycles. The number of hydrogen-bond donors (Lipinski definition) is 2. The maximum absolute atomic E-state index is 6.75. The third kappa shape index (κ3) is 2.35. The van der Waals surface area contributed by atoms with Gasteiger partial charge in [0.1, 0.15) is 5.82 Å². The zero-order valence-electron chi connectivity index (χ0n) is 14.7. The maximum atomic E-state index is 6.75. The van der Waals surface area contributed by atoms with E-state index in [1.165, 1.54) is 16.7 Å². The maximum Gasteiger partial charge on any atom is 0.128 e. The molecule has 1 aliphatic rings. The molecule has 3 aromatic rings. The van der Waals surface area contributed by atoms with Gasteiger partial charge in [0.2, 0.25) is 0 Å². The molecule has 1 heterocycles. The predicted octanol–water partition coefficient (Wildman–Crippen LogP) is 4.20. The van der Waals surface area contributed by atoms with Crippen molar-refractivity contribution in [3.8, 4) is 0 Å². The van der Waals surface area contributed by atoms with Gasteiger partial charge in [-0.2, -0.15) is 0 Å². The number of rotatable bonds is 3. The van der Waals surface area contributed by atoms with Crippen LogP contribution in [0.1, 0.15) is 49.7 Å². The summed E-state index contributed by atoms with van der Waals surface area (Å²) in [5.74, 6) is 0.903. The number of fused-ring (bicyclic) bond motifs is 2. The van der Waals surface area contributed by atoms with Gasteiger partial charge in [0, 0.05) is 0 Å². The molecule has 0 unspecified atom stereocenters. The SMILES string of the molecule is CCC(C)(C)c1ccc2nc(C3(N)Cc4ccccc4C3)[nH]c2c1. The van der Waals surface area contributed by atoms with Crippen molar-refractivity contribution in [3.05, 3.63) is 65.0 Å². The lowest BCUT2D eigenvalue weighted by Gasteiger charge is -2.23. The number of benzene rings is 2. The second-order valence-corrected chi connectivity index (χ2v) is 7.83. The zero-order valence-corrected chi connectivity index (χ0v) is 14.7. The van der Waals surface area contributed by atoms with E-state index in [1.54, 1.807) is 0 Å². The predicted molar refractivity (Wildman–Crippen MR) is 99.1 cm³/mol. The first-order valence-electron chi connectivity index (χ1n) is 8.78. The number of H-pyrrole nitrogens is 1. The average molecular weight is 319 g/mol. The summed E-state index contributed by atoms with van der Waals surface area (Å²) in [6, 6.07) is 15.1. The van der Waals surface area contributed by atoms with Gasteiger partial charge in [0.15, 0.2) is 0 Å². The van der Waals surface area contributed by atoms with E-state index in [1.807, 2.05) is 0 Å². The first kappa shape index (κ1) is 15.4. The molecule has 3 heteroatoms. The number of aromatic amines is 1. The van der Waals surface area contributed by atoms with Crippen LogP contribution in [-0.4, -0.2) is 9.97 Å². The first-order chi connectivity index (χ1) is 11.4. The molecule has 0 saturated carbocycles. The molecule has 0 amide bonds. The van der Waals surface area contributed by atoms with Crippen LogP contribution in [0, 0.1) is 0 Å². The molecule has 4 rings (SSSR count). The highest BCUT2D eigenvalue weighted by Gasteiger charge is 2.37. The summed E-state index contributed by atoms with van der Waals surface area (Å²) in [6.45, 7) is 6.79. The van der Waals surface area contributed by atoms with Gasteiger partial charge < -0.3 is 10.7 Å². The Morgan fingerprint density at radius 1 is 1.12 bits per heavy atom. The highest BCUT2D eigenvalue weighted by atomic mass is 15.0. The Bertz CT molecular complexity index is 879. The standard InChI is InChI=1S/C21H25N3/c1-4-20(2,3)16-9-10-17-18(11-16)24-19(23-17)21(22)12-14-7-5-6-8-15(14)13-21/h5-11H,4,12-13,22H2,1-3H3,(H,23,24). The third-order valence-corrected chi connectivity index (χ3v) is 5.75. The normalized spacial score (nSPS) is 16.5. The lowest BCUT2D eigenvalue weighted by molar-refractivity contribution is 0.447. The minimum atomic E-state index is -0.427. The van der Waals surface area contributed by atoms with Crippen LogP contribution in [0.3, 0.4) is 0 Å². The molecule has 0 fully saturated rings. The van der Waals surface area contributed by atoms with Crippen molar-refractivity contribution in [2.45, 2.75) is 51.0 Å². The van der Waals surface area contributed by atoms with Gasteiger partial charge in [0.25, 0.3) is 0 Å². The van der Waals surface area contributed by atoms with Crippen molar-refractivity contribution >= 4 is 11.0 Å². The fourth-order valence-corrected chi connectivity index (χ4v) is 3.68. The van der Waals surface area contributed by atoms with Crippen LogP contribution in [0.25, 0.3) is 11.0 Å². The summed E-state index contributed by atoms with van der Waals surface area (Å²) in [7, 11) is 0. The molecule has 0 radical (unpaired) electrons. The van der Waals surface area contributed by atoms with E-state index in [-0.39, 0.29) is 5.41 Å². The zero-order chi connectivity index (χ0) is 16.9. The number of hydrogen-bond acceptors (Lipinski definition) is 2. The second-order valence-electron chi connectivity index (χ2n) is 7.83. The van der Waals surface area contributed by atoms with E-state index in [0.29, 0.717) is 0 Å². The number of nitrogens with one attached hydrogen (secondary N) is 1. The quantitative estimate of drug-likeness (QED) is 0.760.